The predicted molar refractivity (Wildman–Crippen MR) is 58.9 cm³/mol. The smallest absolute Gasteiger partial charge is 0.328 e. The number of nitrogens with one attached hydrogen (secondary N) is 1. The number of halogens is 3. The van der Waals surface area contributed by atoms with Crippen LogP contribution in [0.4, 0.5) is 13.2 Å². The van der Waals surface area contributed by atoms with Gasteiger partial charge in [-0.25, -0.2) is 0 Å². The third-order valence-electron chi connectivity index (χ3n) is 2.69. The highest BCUT2D eigenvalue weighted by Crippen LogP contribution is 2.35. The lowest BCUT2D eigenvalue weighted by molar-refractivity contribution is -0.136. The van der Waals surface area contributed by atoms with Gasteiger partial charge in [-0.1, -0.05) is 13.0 Å². The van der Waals surface area contributed by atoms with E-state index in [1.54, 1.807) is 6.92 Å². The third-order valence-corrected chi connectivity index (χ3v) is 2.69. The lowest BCUT2D eigenvalue weighted by Crippen LogP contribution is -2.12. The molecule has 17 heavy (non-hydrogen) atoms. The van der Waals surface area contributed by atoms with Crippen LogP contribution >= 0.6 is 0 Å². The zero-order valence-electron chi connectivity index (χ0n) is 9.06. The second-order valence-electron chi connectivity index (χ2n) is 3.72. The molecule has 0 fully saturated rings. The minimum Gasteiger partial charge on any atom is -0.328 e. The molecule has 0 aliphatic heterocycles. The second kappa shape index (κ2) is 3.91. The molecule has 0 aliphatic carbocycles. The van der Waals surface area contributed by atoms with E-state index < -0.39 is 17.3 Å². The molecule has 2 nitrogen and oxygen atoms in total. The van der Waals surface area contributed by atoms with Gasteiger partial charge in [0.2, 0.25) is 0 Å². The molecule has 1 N–H and O–H groups in total. The van der Waals surface area contributed by atoms with Crippen molar-refractivity contribution in [2.45, 2.75) is 19.5 Å². The van der Waals surface area contributed by atoms with E-state index in [1.165, 1.54) is 18.3 Å². The molecule has 5 heteroatoms. The molecule has 1 aromatic carbocycles. The van der Waals surface area contributed by atoms with Gasteiger partial charge in [0.1, 0.15) is 0 Å². The Kier molecular flexibility index (Phi) is 2.69. The van der Waals surface area contributed by atoms with E-state index in [4.69, 9.17) is 0 Å². The maximum absolute atomic E-state index is 12.9. The van der Waals surface area contributed by atoms with Crippen molar-refractivity contribution in [1.82, 2.24) is 4.98 Å². The minimum absolute atomic E-state index is 0.00579. The van der Waals surface area contributed by atoms with Crippen LogP contribution in [0.5, 0.6) is 0 Å². The van der Waals surface area contributed by atoms with E-state index in [9.17, 15) is 18.0 Å². The molecule has 0 bridgehead atoms. The lowest BCUT2D eigenvalue weighted by Gasteiger charge is -2.12. The van der Waals surface area contributed by atoms with Gasteiger partial charge in [0.05, 0.1) is 5.56 Å². The number of alkyl halides is 3. The van der Waals surface area contributed by atoms with Crippen LogP contribution in [-0.4, -0.2) is 4.98 Å². The first-order valence-corrected chi connectivity index (χ1v) is 5.15. The fourth-order valence-electron chi connectivity index (χ4n) is 1.91. The molecule has 90 valence electrons. The molecule has 0 unspecified atom stereocenters. The van der Waals surface area contributed by atoms with Gasteiger partial charge in [0.25, 0.3) is 5.56 Å². The summed E-state index contributed by atoms with van der Waals surface area (Å²) < 4.78 is 38.6. The van der Waals surface area contributed by atoms with Gasteiger partial charge in [-0.2, -0.15) is 13.2 Å². The highest BCUT2D eigenvalue weighted by atomic mass is 19.4. The van der Waals surface area contributed by atoms with E-state index in [1.807, 2.05) is 0 Å². The largest absolute Gasteiger partial charge is 0.417 e. The number of hydrogen-bond acceptors (Lipinski definition) is 1. The van der Waals surface area contributed by atoms with Crippen LogP contribution in [0.1, 0.15) is 18.1 Å². The van der Waals surface area contributed by atoms with Crippen molar-refractivity contribution < 1.29 is 13.2 Å². The topological polar surface area (TPSA) is 32.9 Å². The van der Waals surface area contributed by atoms with Gasteiger partial charge in [-0.05, 0) is 24.1 Å². The van der Waals surface area contributed by atoms with Gasteiger partial charge in [-0.15, -0.1) is 0 Å². The third kappa shape index (κ3) is 1.92. The Morgan fingerprint density at radius 3 is 2.59 bits per heavy atom. The molecule has 2 aromatic rings. The van der Waals surface area contributed by atoms with Gasteiger partial charge in [0.15, 0.2) is 0 Å². The van der Waals surface area contributed by atoms with Crippen molar-refractivity contribution >= 4 is 10.8 Å². The van der Waals surface area contributed by atoms with Crippen LogP contribution < -0.4 is 5.56 Å². The number of aromatic nitrogens is 1. The first kappa shape index (κ1) is 11.7. The van der Waals surface area contributed by atoms with Crippen LogP contribution in [0.2, 0.25) is 0 Å². The summed E-state index contributed by atoms with van der Waals surface area (Å²) in [7, 11) is 0. The van der Waals surface area contributed by atoms with Crippen LogP contribution in [0.3, 0.4) is 0 Å². The van der Waals surface area contributed by atoms with E-state index in [-0.39, 0.29) is 10.8 Å². The van der Waals surface area contributed by atoms with Gasteiger partial charge in [0, 0.05) is 17.0 Å². The molecule has 0 aliphatic rings. The summed E-state index contributed by atoms with van der Waals surface area (Å²) in [6.07, 6.45) is -2.67. The molecule has 1 aromatic heterocycles. The number of benzene rings is 1. The highest BCUT2D eigenvalue weighted by Gasteiger charge is 2.33. The van der Waals surface area contributed by atoms with E-state index in [2.05, 4.69) is 4.98 Å². The Labute approximate surface area is 95.1 Å². The van der Waals surface area contributed by atoms with Crippen molar-refractivity contribution in [2.24, 2.45) is 0 Å². The Bertz CT molecular complexity index is 613. The zero-order valence-corrected chi connectivity index (χ0v) is 9.06. The van der Waals surface area contributed by atoms with Gasteiger partial charge in [-0.3, -0.25) is 4.79 Å². The minimum atomic E-state index is -4.45. The monoisotopic (exact) mass is 241 g/mol. The van der Waals surface area contributed by atoms with Crippen molar-refractivity contribution in [1.29, 1.82) is 0 Å². The van der Waals surface area contributed by atoms with Gasteiger partial charge < -0.3 is 4.98 Å². The zero-order chi connectivity index (χ0) is 12.6. The summed E-state index contributed by atoms with van der Waals surface area (Å²) >= 11 is 0. The molecule has 0 amide bonds. The Hall–Kier alpha value is -1.78. The molecular weight excluding hydrogens is 231 g/mol. The molecule has 0 spiro atoms. The summed E-state index contributed by atoms with van der Waals surface area (Å²) in [6, 6.07) is 3.66. The number of H-pyrrole nitrogens is 1. The van der Waals surface area contributed by atoms with Crippen LogP contribution in [-0.2, 0) is 12.6 Å². The Balaban J connectivity index is 2.96. The fourth-order valence-corrected chi connectivity index (χ4v) is 1.91. The summed E-state index contributed by atoms with van der Waals surface area (Å²) in [5, 5.41) is 0.0884. The average molecular weight is 241 g/mol. The predicted octanol–water partition coefficient (Wildman–Crippen LogP) is 3.11. The molecule has 1 heterocycles. The van der Waals surface area contributed by atoms with Crippen LogP contribution in [0.15, 0.2) is 29.2 Å². The Morgan fingerprint density at radius 2 is 2.00 bits per heavy atom. The second-order valence-corrected chi connectivity index (χ2v) is 3.72. The molecule has 0 atom stereocenters. The standard InChI is InChI=1S/C12H10F3NO/c1-2-7-6-16-11(17)8-4-3-5-9(10(7)8)12(13,14)15/h3-6H,2H2,1H3,(H,16,17). The average Bonchev–Trinajstić information content (AvgIpc) is 2.28. The normalized spacial score (nSPS) is 12.0. The maximum Gasteiger partial charge on any atom is 0.417 e. The molecule has 0 saturated carbocycles. The molecule has 0 saturated heterocycles. The lowest BCUT2D eigenvalue weighted by atomic mass is 10.00. The quantitative estimate of drug-likeness (QED) is 0.817. The summed E-state index contributed by atoms with van der Waals surface area (Å²) in [5.74, 6) is 0. The number of rotatable bonds is 1. The number of pyridine rings is 1. The first-order valence-electron chi connectivity index (χ1n) is 5.15. The van der Waals surface area contributed by atoms with Crippen LogP contribution in [0.25, 0.3) is 10.8 Å². The maximum atomic E-state index is 12.9. The van der Waals surface area contributed by atoms with Crippen molar-refractivity contribution in [3.8, 4) is 0 Å². The number of fused-ring (bicyclic) bond motifs is 1. The molecule has 0 radical (unpaired) electrons. The summed E-state index contributed by atoms with van der Waals surface area (Å²) in [6.45, 7) is 1.75. The number of aryl methyl sites for hydroxylation is 1. The van der Waals surface area contributed by atoms with Crippen LogP contribution in [0, 0.1) is 0 Å². The van der Waals surface area contributed by atoms with Crippen molar-refractivity contribution in [3.05, 3.63) is 45.9 Å². The Morgan fingerprint density at radius 1 is 1.29 bits per heavy atom. The number of hydrogen-bond donors (Lipinski definition) is 1. The summed E-state index contributed by atoms with van der Waals surface area (Å²) in [5.41, 5.74) is -0.756. The SMILES string of the molecule is CCc1c[nH]c(=O)c2cccc(C(F)(F)F)c12. The van der Waals surface area contributed by atoms with E-state index >= 15 is 0 Å². The molecular formula is C12H10F3NO. The van der Waals surface area contributed by atoms with Crippen molar-refractivity contribution in [3.63, 3.8) is 0 Å². The molecule has 2 rings (SSSR count). The van der Waals surface area contributed by atoms with E-state index in [0.717, 1.165) is 6.07 Å². The number of aromatic amines is 1. The summed E-state index contributed by atoms with van der Waals surface area (Å²) in [4.78, 5) is 14.0. The highest BCUT2D eigenvalue weighted by molar-refractivity contribution is 5.88. The first-order chi connectivity index (χ1) is 7.95. The van der Waals surface area contributed by atoms with Gasteiger partial charge >= 0.3 is 6.18 Å². The fraction of sp³-hybridized carbons (Fsp3) is 0.250. The van der Waals surface area contributed by atoms with Crippen molar-refractivity contribution in [2.75, 3.05) is 0 Å². The van der Waals surface area contributed by atoms with E-state index in [0.29, 0.717) is 12.0 Å².